The standard InChI is InChI=1S/C24H54NO3Si/c1-7-11-12-13-14-15-16-17-19-25(5,6)20-18-24-29(26-21-8-2,27-22-9-3)28-23-10-4/h7-24H2,1-6H3/q+1. The lowest BCUT2D eigenvalue weighted by molar-refractivity contribution is -0.890. The number of unbranched alkanes of at least 4 members (excludes halogenated alkanes) is 7. The highest BCUT2D eigenvalue weighted by molar-refractivity contribution is 6.60. The monoisotopic (exact) mass is 432 g/mol. The summed E-state index contributed by atoms with van der Waals surface area (Å²) in [5.41, 5.74) is 0. The van der Waals surface area contributed by atoms with Crippen molar-refractivity contribution >= 4 is 8.80 Å². The zero-order valence-corrected chi connectivity index (χ0v) is 21.9. The van der Waals surface area contributed by atoms with Gasteiger partial charge in [-0.2, -0.15) is 0 Å². The van der Waals surface area contributed by atoms with Gasteiger partial charge in [0.15, 0.2) is 0 Å². The van der Waals surface area contributed by atoms with Gasteiger partial charge in [-0.25, -0.2) is 0 Å². The Kier molecular flexibility index (Phi) is 18.8. The first kappa shape index (κ1) is 29.1. The van der Waals surface area contributed by atoms with E-state index in [-0.39, 0.29) is 0 Å². The van der Waals surface area contributed by atoms with Crippen molar-refractivity contribution in [3.63, 3.8) is 0 Å². The molecule has 0 aromatic heterocycles. The fourth-order valence-electron chi connectivity index (χ4n) is 3.62. The van der Waals surface area contributed by atoms with Crippen LogP contribution in [0.4, 0.5) is 0 Å². The van der Waals surface area contributed by atoms with Gasteiger partial charge in [0.2, 0.25) is 0 Å². The van der Waals surface area contributed by atoms with Crippen LogP contribution in [0.5, 0.6) is 0 Å². The van der Waals surface area contributed by atoms with Crippen LogP contribution >= 0.6 is 0 Å². The average molecular weight is 433 g/mol. The minimum atomic E-state index is -2.53. The number of rotatable bonds is 22. The van der Waals surface area contributed by atoms with Gasteiger partial charge in [-0.15, -0.1) is 0 Å². The quantitative estimate of drug-likeness (QED) is 0.107. The van der Waals surface area contributed by atoms with Crippen molar-refractivity contribution in [2.24, 2.45) is 0 Å². The summed E-state index contributed by atoms with van der Waals surface area (Å²) in [6, 6.07) is 0.951. The Balaban J connectivity index is 4.30. The van der Waals surface area contributed by atoms with Gasteiger partial charge in [-0.3, -0.25) is 0 Å². The number of nitrogens with zero attached hydrogens (tertiary/aromatic N) is 1. The molecule has 0 aromatic rings. The summed E-state index contributed by atoms with van der Waals surface area (Å²) in [7, 11) is 2.22. The van der Waals surface area contributed by atoms with E-state index in [0.29, 0.717) is 0 Å². The first-order chi connectivity index (χ1) is 13.9. The van der Waals surface area contributed by atoms with Crippen molar-refractivity contribution in [3.05, 3.63) is 0 Å². The van der Waals surface area contributed by atoms with Gasteiger partial charge in [0.1, 0.15) is 0 Å². The van der Waals surface area contributed by atoms with Crippen molar-refractivity contribution in [2.45, 2.75) is 111 Å². The maximum atomic E-state index is 6.24. The Morgan fingerprint density at radius 1 is 0.517 bits per heavy atom. The Morgan fingerprint density at radius 3 is 1.38 bits per heavy atom. The third-order valence-corrected chi connectivity index (χ3v) is 8.34. The molecular formula is C24H54NO3Si+. The second kappa shape index (κ2) is 18.8. The molecule has 5 heteroatoms. The molecule has 176 valence electrons. The molecule has 0 aliphatic rings. The predicted octanol–water partition coefficient (Wildman–Crippen LogP) is 6.81. The Bertz CT molecular complexity index is 331. The molecule has 0 fully saturated rings. The molecule has 0 spiro atoms. The van der Waals surface area contributed by atoms with Crippen molar-refractivity contribution < 1.29 is 17.8 Å². The van der Waals surface area contributed by atoms with E-state index in [9.17, 15) is 0 Å². The van der Waals surface area contributed by atoms with E-state index in [1.54, 1.807) is 0 Å². The molecule has 0 aromatic carbocycles. The molecule has 0 N–H and O–H groups in total. The van der Waals surface area contributed by atoms with Crippen LogP contribution in [0.1, 0.15) is 105 Å². The van der Waals surface area contributed by atoms with Crippen molar-refractivity contribution in [2.75, 3.05) is 47.0 Å². The lowest BCUT2D eigenvalue weighted by Crippen LogP contribution is -2.48. The molecule has 0 radical (unpaired) electrons. The Morgan fingerprint density at radius 2 is 0.931 bits per heavy atom. The van der Waals surface area contributed by atoms with E-state index < -0.39 is 8.80 Å². The Labute approximate surface area is 184 Å². The van der Waals surface area contributed by atoms with Crippen LogP contribution in [-0.4, -0.2) is 60.3 Å². The predicted molar refractivity (Wildman–Crippen MR) is 128 cm³/mol. The zero-order chi connectivity index (χ0) is 21.8. The van der Waals surface area contributed by atoms with Gasteiger partial charge >= 0.3 is 8.80 Å². The minimum Gasteiger partial charge on any atom is -0.373 e. The second-order valence-corrected chi connectivity index (χ2v) is 11.9. The highest BCUT2D eigenvalue weighted by Gasteiger charge is 2.41. The number of hydrogen-bond acceptors (Lipinski definition) is 3. The summed E-state index contributed by atoms with van der Waals surface area (Å²) < 4.78 is 19.8. The fraction of sp³-hybridized carbons (Fsp3) is 1.00. The van der Waals surface area contributed by atoms with Gasteiger partial charge in [0.25, 0.3) is 0 Å². The molecule has 0 unspecified atom stereocenters. The summed E-state index contributed by atoms with van der Waals surface area (Å²) in [4.78, 5) is 0. The van der Waals surface area contributed by atoms with E-state index in [2.05, 4.69) is 41.8 Å². The topological polar surface area (TPSA) is 27.7 Å². The molecule has 0 atom stereocenters. The molecule has 29 heavy (non-hydrogen) atoms. The zero-order valence-electron chi connectivity index (χ0n) is 20.9. The van der Waals surface area contributed by atoms with Crippen LogP contribution < -0.4 is 0 Å². The van der Waals surface area contributed by atoms with Crippen LogP contribution in [0, 0.1) is 0 Å². The highest BCUT2D eigenvalue weighted by Crippen LogP contribution is 2.21. The van der Waals surface area contributed by atoms with E-state index in [4.69, 9.17) is 13.3 Å². The summed E-state index contributed by atoms with van der Waals surface area (Å²) >= 11 is 0. The first-order valence-electron chi connectivity index (χ1n) is 12.7. The molecule has 0 heterocycles. The van der Waals surface area contributed by atoms with Crippen molar-refractivity contribution in [3.8, 4) is 0 Å². The van der Waals surface area contributed by atoms with Crippen LogP contribution in [0.25, 0.3) is 0 Å². The van der Waals surface area contributed by atoms with Gasteiger partial charge in [-0.05, 0) is 32.1 Å². The van der Waals surface area contributed by atoms with E-state index in [0.717, 1.165) is 56.0 Å². The third kappa shape index (κ3) is 16.4. The van der Waals surface area contributed by atoms with Crippen LogP contribution in [0.2, 0.25) is 6.04 Å². The molecule has 0 saturated heterocycles. The molecule has 0 rings (SSSR count). The van der Waals surface area contributed by atoms with E-state index in [1.165, 1.54) is 64.5 Å². The lowest BCUT2D eigenvalue weighted by atomic mass is 10.1. The van der Waals surface area contributed by atoms with Gasteiger partial charge in [0.05, 0.1) is 27.2 Å². The van der Waals surface area contributed by atoms with Crippen LogP contribution in [-0.2, 0) is 13.3 Å². The summed E-state index contributed by atoms with van der Waals surface area (Å²) in [5, 5.41) is 0. The van der Waals surface area contributed by atoms with Crippen LogP contribution in [0.15, 0.2) is 0 Å². The summed E-state index contributed by atoms with van der Waals surface area (Å²) in [5.74, 6) is 0. The van der Waals surface area contributed by atoms with Crippen LogP contribution in [0.3, 0.4) is 0 Å². The average Bonchev–Trinajstić information content (AvgIpc) is 2.70. The highest BCUT2D eigenvalue weighted by atomic mass is 28.4. The van der Waals surface area contributed by atoms with Crippen molar-refractivity contribution in [1.29, 1.82) is 0 Å². The van der Waals surface area contributed by atoms with Gasteiger partial charge in [0, 0.05) is 32.3 Å². The largest absolute Gasteiger partial charge is 0.501 e. The number of hydrogen-bond donors (Lipinski definition) is 0. The normalized spacial score (nSPS) is 12.6. The van der Waals surface area contributed by atoms with E-state index >= 15 is 0 Å². The molecule has 0 aliphatic carbocycles. The smallest absolute Gasteiger partial charge is 0.373 e. The minimum absolute atomic E-state index is 0.746. The SMILES string of the molecule is CCCCCCCCCC[N+](C)(C)CCC[Si](OCCC)(OCCC)OCCC. The molecule has 0 saturated carbocycles. The second-order valence-electron chi connectivity index (χ2n) is 9.19. The van der Waals surface area contributed by atoms with E-state index in [1.807, 2.05) is 0 Å². The molecule has 0 bridgehead atoms. The molecular weight excluding hydrogens is 378 g/mol. The Hall–Kier alpha value is 0.0569. The maximum absolute atomic E-state index is 6.24. The van der Waals surface area contributed by atoms with Gasteiger partial charge < -0.3 is 17.8 Å². The molecule has 0 amide bonds. The summed E-state index contributed by atoms with van der Waals surface area (Å²) in [6.45, 7) is 13.4. The van der Waals surface area contributed by atoms with Crippen molar-refractivity contribution in [1.82, 2.24) is 0 Å². The maximum Gasteiger partial charge on any atom is 0.501 e. The fourth-order valence-corrected chi connectivity index (χ4v) is 6.44. The van der Waals surface area contributed by atoms with Gasteiger partial charge in [-0.1, -0.05) is 66.2 Å². The lowest BCUT2D eigenvalue weighted by Gasteiger charge is -2.33. The molecule has 4 nitrogen and oxygen atoms in total. The third-order valence-electron chi connectivity index (χ3n) is 5.44. The first-order valence-corrected chi connectivity index (χ1v) is 14.6. The summed E-state index contributed by atoms with van der Waals surface area (Å²) in [6.07, 6.45) is 15.3. The molecule has 0 aliphatic heterocycles. The number of quaternary nitrogens is 1.